The minimum absolute atomic E-state index is 0.0281. The zero-order chi connectivity index (χ0) is 17.6. The second kappa shape index (κ2) is 8.31. The van der Waals surface area contributed by atoms with Crippen molar-refractivity contribution in [3.05, 3.63) is 52.9 Å². The number of carbonyl (C=O) groups is 1. The molecule has 5 nitrogen and oxygen atoms in total. The lowest BCUT2D eigenvalue weighted by molar-refractivity contribution is 0.0876. The summed E-state index contributed by atoms with van der Waals surface area (Å²) in [6.07, 6.45) is 2.18. The van der Waals surface area contributed by atoms with E-state index in [0.717, 1.165) is 25.5 Å². The van der Waals surface area contributed by atoms with Gasteiger partial charge < -0.3 is 14.0 Å². The van der Waals surface area contributed by atoms with Crippen molar-refractivity contribution in [1.29, 1.82) is 0 Å². The van der Waals surface area contributed by atoms with Crippen LogP contribution >= 0.6 is 0 Å². The number of carbonyl (C=O) groups excluding carboxylic acids is 1. The minimum Gasteiger partial charge on any atom is -0.381 e. The number of halogens is 2. The number of hydrogen-bond acceptors (Lipinski definition) is 5. The number of aromatic nitrogens is 1. The Bertz CT molecular complexity index is 705. The molecule has 134 valence electrons. The second-order valence-corrected chi connectivity index (χ2v) is 6.14. The molecule has 2 heterocycles. The Kier molecular flexibility index (Phi) is 5.88. The first-order valence-electron chi connectivity index (χ1n) is 8.19. The zero-order valence-corrected chi connectivity index (χ0v) is 13.7. The molecule has 1 aliphatic rings. The number of benzene rings is 1. The number of nitrogens with zero attached hydrogens (tertiary/aromatic N) is 1. The van der Waals surface area contributed by atoms with Gasteiger partial charge in [0, 0.05) is 31.8 Å². The third kappa shape index (κ3) is 5.17. The molecule has 0 aliphatic carbocycles. The van der Waals surface area contributed by atoms with Crippen LogP contribution in [0.5, 0.6) is 0 Å². The molecule has 2 aromatic rings. The summed E-state index contributed by atoms with van der Waals surface area (Å²) in [6.45, 7) is 1.57. The average molecular weight is 351 g/mol. The van der Waals surface area contributed by atoms with Gasteiger partial charge in [-0.05, 0) is 36.5 Å². The molecule has 1 aliphatic heterocycles. The molecule has 0 spiro atoms. The molecule has 1 aromatic heterocycles. The lowest BCUT2D eigenvalue weighted by atomic mass is 10.00. The number of hydrogen-bond donors (Lipinski definition) is 0. The van der Waals surface area contributed by atoms with Crippen molar-refractivity contribution in [2.45, 2.75) is 32.5 Å². The van der Waals surface area contributed by atoms with Gasteiger partial charge >= 0.3 is 0 Å². The lowest BCUT2D eigenvalue weighted by Gasteiger charge is -2.04. The molecule has 1 aromatic carbocycles. The molecule has 0 N–H and O–H groups in total. The molecular weight excluding hydrogens is 332 g/mol. The number of ketones is 1. The van der Waals surface area contributed by atoms with E-state index in [4.69, 9.17) is 14.0 Å². The highest BCUT2D eigenvalue weighted by atomic mass is 19.1. The topological polar surface area (TPSA) is 61.6 Å². The standard InChI is InChI=1S/C18H19F2NO4/c19-14-5-13(6-15(20)7-14)10-24-11-16-8-17(21-25-16)18(22)2-1-12-3-4-23-9-12/h5-8,12H,1-4,9-11H2. The van der Waals surface area contributed by atoms with E-state index in [0.29, 0.717) is 30.3 Å². The lowest BCUT2D eigenvalue weighted by Crippen LogP contribution is -2.05. The van der Waals surface area contributed by atoms with Gasteiger partial charge in [0.1, 0.15) is 23.9 Å². The monoisotopic (exact) mass is 351 g/mol. The Morgan fingerprint density at radius 2 is 2.00 bits per heavy atom. The fourth-order valence-electron chi connectivity index (χ4n) is 2.75. The largest absolute Gasteiger partial charge is 0.381 e. The van der Waals surface area contributed by atoms with Crippen LogP contribution in [0.3, 0.4) is 0 Å². The number of Topliss-reactive ketones (excluding diaryl/α,β-unsaturated/α-hetero) is 1. The molecule has 3 rings (SSSR count). The fourth-order valence-corrected chi connectivity index (χ4v) is 2.75. The highest BCUT2D eigenvalue weighted by Gasteiger charge is 2.19. The molecule has 25 heavy (non-hydrogen) atoms. The first-order chi connectivity index (χ1) is 12.1. The predicted octanol–water partition coefficient (Wildman–Crippen LogP) is 3.67. The SMILES string of the molecule is O=C(CCC1CCOC1)c1cc(COCc2cc(F)cc(F)c2)on1. The summed E-state index contributed by atoms with van der Waals surface area (Å²) in [6, 6.07) is 4.74. The van der Waals surface area contributed by atoms with Crippen LogP contribution in [0.4, 0.5) is 8.78 Å². The van der Waals surface area contributed by atoms with Crippen molar-refractivity contribution in [3.63, 3.8) is 0 Å². The molecule has 1 unspecified atom stereocenters. The predicted molar refractivity (Wildman–Crippen MR) is 83.8 cm³/mol. The summed E-state index contributed by atoms with van der Waals surface area (Å²) in [5.74, 6) is -0.554. The second-order valence-electron chi connectivity index (χ2n) is 6.14. The molecule has 0 amide bonds. The zero-order valence-electron chi connectivity index (χ0n) is 13.7. The van der Waals surface area contributed by atoms with Crippen molar-refractivity contribution >= 4 is 5.78 Å². The maximum absolute atomic E-state index is 13.1. The van der Waals surface area contributed by atoms with Gasteiger partial charge in [0.25, 0.3) is 0 Å². The van der Waals surface area contributed by atoms with Gasteiger partial charge in [0.2, 0.25) is 0 Å². The van der Waals surface area contributed by atoms with E-state index in [1.165, 1.54) is 12.1 Å². The normalized spacial score (nSPS) is 17.1. The fraction of sp³-hybridized carbons (Fsp3) is 0.444. The smallest absolute Gasteiger partial charge is 0.184 e. The Labute approximate surface area is 143 Å². The van der Waals surface area contributed by atoms with Crippen LogP contribution in [-0.2, 0) is 22.7 Å². The third-order valence-corrected chi connectivity index (χ3v) is 4.08. The Balaban J connectivity index is 1.45. The highest BCUT2D eigenvalue weighted by Crippen LogP contribution is 2.19. The van der Waals surface area contributed by atoms with E-state index in [-0.39, 0.29) is 24.7 Å². The Hall–Kier alpha value is -2.12. The van der Waals surface area contributed by atoms with Gasteiger partial charge in [-0.15, -0.1) is 0 Å². The number of rotatable bonds is 8. The van der Waals surface area contributed by atoms with Crippen LogP contribution in [0.1, 0.15) is 41.1 Å². The van der Waals surface area contributed by atoms with Crippen LogP contribution in [0.15, 0.2) is 28.8 Å². The van der Waals surface area contributed by atoms with Crippen LogP contribution in [-0.4, -0.2) is 24.2 Å². The van der Waals surface area contributed by atoms with Gasteiger partial charge in [-0.3, -0.25) is 4.79 Å². The van der Waals surface area contributed by atoms with Crippen molar-refractivity contribution in [1.82, 2.24) is 5.16 Å². The molecule has 1 saturated heterocycles. The maximum Gasteiger partial charge on any atom is 0.184 e. The van der Waals surface area contributed by atoms with Crippen LogP contribution in [0.2, 0.25) is 0 Å². The summed E-state index contributed by atoms with van der Waals surface area (Å²) in [7, 11) is 0. The highest BCUT2D eigenvalue weighted by molar-refractivity contribution is 5.94. The van der Waals surface area contributed by atoms with Crippen molar-refractivity contribution < 1.29 is 27.6 Å². The quantitative estimate of drug-likeness (QED) is 0.679. The Morgan fingerprint density at radius 3 is 2.72 bits per heavy atom. The summed E-state index contributed by atoms with van der Waals surface area (Å²) < 4.78 is 41.9. The molecular formula is C18H19F2NO4. The van der Waals surface area contributed by atoms with Gasteiger partial charge in [-0.2, -0.15) is 0 Å². The van der Waals surface area contributed by atoms with E-state index in [9.17, 15) is 13.6 Å². The molecule has 0 radical (unpaired) electrons. The van der Waals surface area contributed by atoms with E-state index in [2.05, 4.69) is 5.16 Å². The maximum atomic E-state index is 13.1. The van der Waals surface area contributed by atoms with E-state index < -0.39 is 11.6 Å². The van der Waals surface area contributed by atoms with Crippen LogP contribution < -0.4 is 0 Å². The number of ether oxygens (including phenoxy) is 2. The van der Waals surface area contributed by atoms with Gasteiger partial charge in [0.05, 0.1) is 6.61 Å². The van der Waals surface area contributed by atoms with Gasteiger partial charge in [0.15, 0.2) is 11.5 Å². The summed E-state index contributed by atoms with van der Waals surface area (Å²) in [5.41, 5.74) is 0.654. The molecule has 0 saturated carbocycles. The van der Waals surface area contributed by atoms with E-state index in [1.54, 1.807) is 6.07 Å². The van der Waals surface area contributed by atoms with E-state index in [1.807, 2.05) is 0 Å². The van der Waals surface area contributed by atoms with Gasteiger partial charge in [-0.1, -0.05) is 5.16 Å². The summed E-state index contributed by atoms with van der Waals surface area (Å²) in [4.78, 5) is 12.1. The van der Waals surface area contributed by atoms with Crippen molar-refractivity contribution in [2.75, 3.05) is 13.2 Å². The average Bonchev–Trinajstić information content (AvgIpc) is 3.23. The van der Waals surface area contributed by atoms with E-state index >= 15 is 0 Å². The van der Waals surface area contributed by atoms with Gasteiger partial charge in [-0.25, -0.2) is 8.78 Å². The molecule has 7 heteroatoms. The molecule has 1 atom stereocenters. The van der Waals surface area contributed by atoms with Crippen molar-refractivity contribution in [3.8, 4) is 0 Å². The third-order valence-electron chi connectivity index (χ3n) is 4.08. The van der Waals surface area contributed by atoms with Crippen molar-refractivity contribution in [2.24, 2.45) is 5.92 Å². The van der Waals surface area contributed by atoms with Crippen LogP contribution in [0.25, 0.3) is 0 Å². The first-order valence-corrected chi connectivity index (χ1v) is 8.19. The molecule has 1 fully saturated rings. The molecule has 0 bridgehead atoms. The van der Waals surface area contributed by atoms with Crippen LogP contribution in [0, 0.1) is 17.6 Å². The summed E-state index contributed by atoms with van der Waals surface area (Å²) >= 11 is 0. The Morgan fingerprint density at radius 1 is 1.20 bits per heavy atom. The minimum atomic E-state index is -0.654. The first kappa shape index (κ1) is 17.7. The summed E-state index contributed by atoms with van der Waals surface area (Å²) in [5, 5.41) is 3.76.